The third-order valence-electron chi connectivity index (χ3n) is 1.21. The second-order valence-electron chi connectivity index (χ2n) is 1.96. The molecule has 0 N–H and O–H groups in total. The minimum Gasteiger partial charge on any atom is -0.192 e. The number of hydrogen-bond acceptors (Lipinski definition) is 3. The Kier molecular flexibility index (Phi) is 2.34. The lowest BCUT2D eigenvalue weighted by molar-refractivity contribution is 1.17. The van der Waals surface area contributed by atoms with Crippen molar-refractivity contribution in [3.63, 3.8) is 0 Å². The van der Waals surface area contributed by atoms with Crippen molar-refractivity contribution in [2.24, 2.45) is 10.2 Å². The maximum Gasteiger partial charge on any atom is 0.0991 e. The van der Waals surface area contributed by atoms with Crippen molar-refractivity contribution in [1.29, 1.82) is 5.26 Å². The highest BCUT2D eigenvalue weighted by atomic mass is 15.1. The van der Waals surface area contributed by atoms with Gasteiger partial charge in [-0.15, -0.1) is 0 Å². The van der Waals surface area contributed by atoms with E-state index in [-0.39, 0.29) is 0 Å². The molecule has 0 amide bonds. The third kappa shape index (κ3) is 1.87. The second-order valence-corrected chi connectivity index (χ2v) is 1.96. The molecule has 0 spiro atoms. The first-order valence-corrected chi connectivity index (χ1v) is 3.17. The van der Waals surface area contributed by atoms with Gasteiger partial charge in [-0.1, -0.05) is 0 Å². The number of hydrogen-bond donors (Lipinski definition) is 0. The number of nitrogens with zero attached hydrogens (tertiary/aromatic N) is 3. The number of rotatable bonds is 1. The molecule has 0 bridgehead atoms. The van der Waals surface area contributed by atoms with Crippen molar-refractivity contribution in [3.8, 4) is 6.07 Å². The molecule has 54 valence electrons. The van der Waals surface area contributed by atoms with E-state index in [4.69, 9.17) is 5.26 Å². The molecule has 0 aliphatic rings. The monoisotopic (exact) mass is 145 g/mol. The fourth-order valence-corrected chi connectivity index (χ4v) is 0.718. The molecule has 1 aromatic carbocycles. The molecule has 0 aliphatic heterocycles. The second kappa shape index (κ2) is 3.47. The lowest BCUT2D eigenvalue weighted by Crippen LogP contribution is -1.69. The molecule has 0 unspecified atom stereocenters. The maximum absolute atomic E-state index is 8.45. The molecule has 0 aliphatic carbocycles. The molecule has 0 fully saturated rings. The molecule has 3 heteroatoms. The molecule has 3 nitrogen and oxygen atoms in total. The van der Waals surface area contributed by atoms with Gasteiger partial charge in [-0.25, -0.2) is 0 Å². The zero-order valence-electron chi connectivity index (χ0n) is 6.15. The zero-order valence-corrected chi connectivity index (χ0v) is 6.15. The first kappa shape index (κ1) is 7.42. The van der Waals surface area contributed by atoms with E-state index in [0.29, 0.717) is 5.56 Å². The minimum absolute atomic E-state index is 0.639. The van der Waals surface area contributed by atoms with Crippen LogP contribution >= 0.6 is 0 Å². The normalized spacial score (nSPS) is 9.82. The molecule has 0 atom stereocenters. The molecular formula is C8H7N3. The smallest absolute Gasteiger partial charge is 0.0991 e. The molecule has 0 radical (unpaired) electrons. The highest BCUT2D eigenvalue weighted by Crippen LogP contribution is 2.11. The summed E-state index contributed by atoms with van der Waals surface area (Å²) >= 11 is 0. The molecular weight excluding hydrogens is 138 g/mol. The van der Waals surface area contributed by atoms with E-state index in [2.05, 4.69) is 10.2 Å². The average molecular weight is 145 g/mol. The van der Waals surface area contributed by atoms with Crippen molar-refractivity contribution in [3.05, 3.63) is 29.8 Å². The predicted octanol–water partition coefficient (Wildman–Crippen LogP) is 2.27. The Labute approximate surface area is 65.0 Å². The Morgan fingerprint density at radius 3 is 2.36 bits per heavy atom. The summed E-state index contributed by atoms with van der Waals surface area (Å²) in [4.78, 5) is 0. The van der Waals surface area contributed by atoms with Crippen molar-refractivity contribution in [2.75, 3.05) is 7.05 Å². The van der Waals surface area contributed by atoms with Gasteiger partial charge in [0.15, 0.2) is 0 Å². The Hall–Kier alpha value is -1.69. The van der Waals surface area contributed by atoms with Crippen LogP contribution in [0, 0.1) is 11.3 Å². The van der Waals surface area contributed by atoms with Gasteiger partial charge in [0.2, 0.25) is 0 Å². The summed E-state index contributed by atoms with van der Waals surface area (Å²) in [6, 6.07) is 8.96. The Morgan fingerprint density at radius 1 is 1.27 bits per heavy atom. The van der Waals surface area contributed by atoms with Gasteiger partial charge >= 0.3 is 0 Å². The molecule has 1 rings (SSSR count). The Balaban J connectivity index is 2.94. The van der Waals surface area contributed by atoms with Crippen LogP contribution in [0.5, 0.6) is 0 Å². The zero-order chi connectivity index (χ0) is 8.10. The van der Waals surface area contributed by atoms with Crippen LogP contribution in [0.2, 0.25) is 0 Å². The summed E-state index contributed by atoms with van der Waals surface area (Å²) in [5.41, 5.74) is 1.41. The van der Waals surface area contributed by atoms with Crippen molar-refractivity contribution in [2.45, 2.75) is 0 Å². The Bertz CT molecular complexity index is 292. The summed E-state index contributed by atoms with van der Waals surface area (Å²) in [6.45, 7) is 0. The van der Waals surface area contributed by atoms with Crippen LogP contribution in [-0.4, -0.2) is 7.05 Å². The van der Waals surface area contributed by atoms with E-state index < -0.39 is 0 Å². The van der Waals surface area contributed by atoms with Crippen LogP contribution < -0.4 is 0 Å². The first-order valence-electron chi connectivity index (χ1n) is 3.17. The molecule has 0 heterocycles. The lowest BCUT2D eigenvalue weighted by atomic mass is 10.2. The van der Waals surface area contributed by atoms with Crippen molar-refractivity contribution < 1.29 is 0 Å². The van der Waals surface area contributed by atoms with Gasteiger partial charge in [-0.3, -0.25) is 0 Å². The van der Waals surface area contributed by atoms with E-state index in [1.165, 1.54) is 0 Å². The molecule has 0 aromatic heterocycles. The van der Waals surface area contributed by atoms with Crippen LogP contribution in [0.4, 0.5) is 5.69 Å². The summed E-state index contributed by atoms with van der Waals surface area (Å²) in [5, 5.41) is 15.9. The molecule has 0 saturated carbocycles. The van der Waals surface area contributed by atoms with Gasteiger partial charge in [0, 0.05) is 7.05 Å². The van der Waals surface area contributed by atoms with Crippen LogP contribution in [0.1, 0.15) is 5.56 Å². The van der Waals surface area contributed by atoms with Crippen molar-refractivity contribution >= 4 is 5.69 Å². The predicted molar refractivity (Wildman–Crippen MR) is 41.6 cm³/mol. The van der Waals surface area contributed by atoms with Crippen LogP contribution in [0.3, 0.4) is 0 Å². The summed E-state index contributed by atoms with van der Waals surface area (Å²) < 4.78 is 0. The van der Waals surface area contributed by atoms with E-state index in [1.54, 1.807) is 31.3 Å². The third-order valence-corrected chi connectivity index (χ3v) is 1.21. The van der Waals surface area contributed by atoms with Gasteiger partial charge in [0.05, 0.1) is 17.3 Å². The standard InChI is InChI=1S/C8H7N3/c1-10-11-8-4-2-7(6-9)3-5-8/h2-5H,1H3. The molecule has 1 aromatic rings. The fraction of sp³-hybridized carbons (Fsp3) is 0.125. The van der Waals surface area contributed by atoms with Crippen LogP contribution in [-0.2, 0) is 0 Å². The van der Waals surface area contributed by atoms with Gasteiger partial charge in [0.1, 0.15) is 0 Å². The quantitative estimate of drug-likeness (QED) is 0.559. The Morgan fingerprint density at radius 2 is 1.91 bits per heavy atom. The maximum atomic E-state index is 8.45. The van der Waals surface area contributed by atoms with Gasteiger partial charge in [0.25, 0.3) is 0 Å². The highest BCUT2D eigenvalue weighted by molar-refractivity contribution is 5.41. The van der Waals surface area contributed by atoms with E-state index in [1.807, 2.05) is 6.07 Å². The average Bonchev–Trinajstić information content (AvgIpc) is 2.07. The summed E-state index contributed by atoms with van der Waals surface area (Å²) in [6.07, 6.45) is 0. The number of azo groups is 1. The minimum atomic E-state index is 0.639. The largest absolute Gasteiger partial charge is 0.192 e. The summed E-state index contributed by atoms with van der Waals surface area (Å²) in [7, 11) is 1.61. The number of nitriles is 1. The van der Waals surface area contributed by atoms with Crippen LogP contribution in [0.25, 0.3) is 0 Å². The van der Waals surface area contributed by atoms with Gasteiger partial charge in [-0.05, 0) is 24.3 Å². The van der Waals surface area contributed by atoms with E-state index >= 15 is 0 Å². The summed E-state index contributed by atoms with van der Waals surface area (Å²) in [5.74, 6) is 0. The van der Waals surface area contributed by atoms with Crippen molar-refractivity contribution in [1.82, 2.24) is 0 Å². The van der Waals surface area contributed by atoms with E-state index in [0.717, 1.165) is 5.69 Å². The highest BCUT2D eigenvalue weighted by Gasteiger charge is 1.89. The molecule has 0 saturated heterocycles. The first-order chi connectivity index (χ1) is 5.36. The van der Waals surface area contributed by atoms with Gasteiger partial charge in [-0.2, -0.15) is 15.5 Å². The molecule has 11 heavy (non-hydrogen) atoms. The fourth-order valence-electron chi connectivity index (χ4n) is 0.718. The number of benzene rings is 1. The van der Waals surface area contributed by atoms with E-state index in [9.17, 15) is 0 Å². The topological polar surface area (TPSA) is 48.5 Å². The lowest BCUT2D eigenvalue weighted by Gasteiger charge is -1.89. The SMILES string of the molecule is CN=Nc1ccc(C#N)cc1. The van der Waals surface area contributed by atoms with Crippen LogP contribution in [0.15, 0.2) is 34.5 Å². The van der Waals surface area contributed by atoms with Gasteiger partial charge < -0.3 is 0 Å².